The number of rotatable bonds is 7. The summed E-state index contributed by atoms with van der Waals surface area (Å²) >= 11 is 0. The van der Waals surface area contributed by atoms with Crippen LogP contribution in [0.1, 0.15) is 18.4 Å². The number of methoxy groups -OCH3 is 1. The Morgan fingerprint density at radius 2 is 1.76 bits per heavy atom. The Labute approximate surface area is 237 Å². The quantitative estimate of drug-likeness (QED) is 0.206. The fraction of sp³-hybridized carbons (Fsp3) is 0.533. The zero-order valence-electron chi connectivity index (χ0n) is 22.8. The van der Waals surface area contributed by atoms with E-state index in [-0.39, 0.29) is 24.3 Å². The standard InChI is InChI=1S/C30H36O11/c1-13-9-20(38-22(32)10-16-5-7-17(37-4)8-6-16)24-15(3)29(36)41-28(24)23-14(2)19(11-18(13)23)39-30-27(35)26(34)25(33)21(12-31)40-30/h5-8,18-21,23-28,30-31,33-35H,1-3,9-12H2,4H3/t18-,19-,20+,21+,23-,24-,25+,26-,27+,28+,30+/m0/s1. The zero-order valence-corrected chi connectivity index (χ0v) is 22.8. The lowest BCUT2D eigenvalue weighted by Crippen LogP contribution is -2.59. The molecule has 11 heteroatoms. The van der Waals surface area contributed by atoms with Crippen LogP contribution in [-0.2, 0) is 35.0 Å². The van der Waals surface area contributed by atoms with Gasteiger partial charge < -0.3 is 44.1 Å². The second kappa shape index (κ2) is 11.7. The molecule has 0 unspecified atom stereocenters. The molecule has 0 radical (unpaired) electrons. The Balaban J connectivity index is 1.32. The van der Waals surface area contributed by atoms with Gasteiger partial charge >= 0.3 is 11.9 Å². The van der Waals surface area contributed by atoms with Crippen LogP contribution in [0.4, 0.5) is 0 Å². The summed E-state index contributed by atoms with van der Waals surface area (Å²) in [7, 11) is 1.56. The lowest BCUT2D eigenvalue weighted by atomic mass is 9.81. The Bertz CT molecular complexity index is 1210. The van der Waals surface area contributed by atoms with Gasteiger partial charge in [0.1, 0.15) is 42.4 Å². The van der Waals surface area contributed by atoms with Crippen molar-refractivity contribution >= 4 is 11.9 Å². The molecule has 0 bridgehead atoms. The van der Waals surface area contributed by atoms with Crippen molar-refractivity contribution < 1.29 is 53.7 Å². The smallest absolute Gasteiger partial charge is 0.334 e. The summed E-state index contributed by atoms with van der Waals surface area (Å²) in [5.41, 5.74) is 2.28. The predicted molar refractivity (Wildman–Crippen MR) is 142 cm³/mol. The zero-order chi connectivity index (χ0) is 29.6. The molecule has 2 aliphatic heterocycles. The van der Waals surface area contributed by atoms with Gasteiger partial charge in [-0.3, -0.25) is 4.79 Å². The SMILES string of the molecule is C=C1C(=O)O[C@H]2[C@@H]1[C@H](OC(=O)Cc1ccc(OC)cc1)CC(=C)[C@@H]1C[C@H](O[C@@H]3O[C@H](CO)[C@@H](O)[C@H](O)[C@H]3O)C(=C)[C@H]21. The maximum absolute atomic E-state index is 13.0. The molecule has 0 amide bonds. The fourth-order valence-corrected chi connectivity index (χ4v) is 6.46. The second-order valence-electron chi connectivity index (χ2n) is 11.1. The molecule has 0 spiro atoms. The number of carbonyl (C=O) groups is 2. The first-order chi connectivity index (χ1) is 19.5. The Morgan fingerprint density at radius 3 is 2.41 bits per heavy atom. The summed E-state index contributed by atoms with van der Waals surface area (Å²) in [4.78, 5) is 25.7. The maximum Gasteiger partial charge on any atom is 0.334 e. The van der Waals surface area contributed by atoms with Crippen molar-refractivity contribution in [3.8, 4) is 5.75 Å². The molecule has 11 nitrogen and oxygen atoms in total. The topological polar surface area (TPSA) is 161 Å². The molecular weight excluding hydrogens is 536 g/mol. The van der Waals surface area contributed by atoms with Crippen molar-refractivity contribution in [1.82, 2.24) is 0 Å². The molecule has 1 aromatic rings. The predicted octanol–water partition coefficient (Wildman–Crippen LogP) is 0.585. The van der Waals surface area contributed by atoms with Crippen molar-refractivity contribution in [3.05, 3.63) is 66.3 Å². The minimum atomic E-state index is -1.59. The van der Waals surface area contributed by atoms with Gasteiger partial charge in [0.15, 0.2) is 6.29 Å². The first-order valence-electron chi connectivity index (χ1n) is 13.6. The van der Waals surface area contributed by atoms with Gasteiger partial charge in [0.2, 0.25) is 0 Å². The summed E-state index contributed by atoms with van der Waals surface area (Å²) in [6.45, 7) is 11.8. The highest BCUT2D eigenvalue weighted by molar-refractivity contribution is 5.91. The number of fused-ring (bicyclic) bond motifs is 3. The average Bonchev–Trinajstić information content (AvgIpc) is 3.39. The van der Waals surface area contributed by atoms with Gasteiger partial charge in [-0.1, -0.05) is 37.4 Å². The number of aliphatic hydroxyl groups excluding tert-OH is 4. The van der Waals surface area contributed by atoms with E-state index in [2.05, 4.69) is 19.7 Å². The van der Waals surface area contributed by atoms with E-state index in [1.54, 1.807) is 31.4 Å². The number of ether oxygens (including phenoxy) is 5. The van der Waals surface area contributed by atoms with Crippen LogP contribution in [-0.4, -0.2) is 95.1 Å². The molecule has 0 aromatic heterocycles. The molecule has 4 fully saturated rings. The first kappa shape index (κ1) is 29.4. The maximum atomic E-state index is 13.0. The molecular formula is C30H36O11. The summed E-state index contributed by atoms with van der Waals surface area (Å²) in [6.07, 6.45) is -8.60. The number of hydrogen-bond acceptors (Lipinski definition) is 11. The molecule has 1 aromatic carbocycles. The van der Waals surface area contributed by atoms with Crippen molar-refractivity contribution in [2.75, 3.05) is 13.7 Å². The Morgan fingerprint density at radius 1 is 1.05 bits per heavy atom. The average molecular weight is 573 g/mol. The van der Waals surface area contributed by atoms with E-state index in [0.717, 1.165) is 11.1 Å². The fourth-order valence-electron chi connectivity index (χ4n) is 6.46. The number of hydrogen-bond donors (Lipinski definition) is 4. The Kier molecular flexibility index (Phi) is 8.38. The molecule has 41 heavy (non-hydrogen) atoms. The number of benzene rings is 1. The number of aliphatic hydroxyl groups is 4. The van der Waals surface area contributed by atoms with Crippen molar-refractivity contribution in [3.63, 3.8) is 0 Å². The van der Waals surface area contributed by atoms with Gasteiger partial charge in [0, 0.05) is 17.9 Å². The van der Waals surface area contributed by atoms with Gasteiger partial charge in [-0.15, -0.1) is 0 Å². The highest BCUT2D eigenvalue weighted by atomic mass is 16.7. The van der Waals surface area contributed by atoms with Gasteiger partial charge in [0.25, 0.3) is 0 Å². The highest BCUT2D eigenvalue weighted by Crippen LogP contribution is 2.53. The van der Waals surface area contributed by atoms with Crippen LogP contribution in [0, 0.1) is 17.8 Å². The van der Waals surface area contributed by atoms with Gasteiger partial charge in [0.05, 0.1) is 32.2 Å². The van der Waals surface area contributed by atoms with Crippen LogP contribution in [0.5, 0.6) is 5.75 Å². The minimum Gasteiger partial charge on any atom is -0.497 e. The monoisotopic (exact) mass is 572 g/mol. The van der Waals surface area contributed by atoms with Crippen LogP contribution in [0.3, 0.4) is 0 Å². The molecule has 2 saturated carbocycles. The van der Waals surface area contributed by atoms with Gasteiger partial charge in [-0.2, -0.15) is 0 Å². The molecule has 2 aliphatic carbocycles. The first-order valence-corrected chi connectivity index (χ1v) is 13.6. The third-order valence-electron chi connectivity index (χ3n) is 8.68. The van der Waals surface area contributed by atoms with Crippen molar-refractivity contribution in [2.24, 2.45) is 17.8 Å². The van der Waals surface area contributed by atoms with Crippen molar-refractivity contribution in [2.45, 2.75) is 68.3 Å². The third-order valence-corrected chi connectivity index (χ3v) is 8.68. The van der Waals surface area contributed by atoms with Crippen LogP contribution in [0.2, 0.25) is 0 Å². The van der Waals surface area contributed by atoms with E-state index in [9.17, 15) is 30.0 Å². The van der Waals surface area contributed by atoms with E-state index < -0.39 is 79.4 Å². The summed E-state index contributed by atoms with van der Waals surface area (Å²) in [5, 5.41) is 40.2. The molecule has 11 atom stereocenters. The van der Waals surface area contributed by atoms with Crippen molar-refractivity contribution in [1.29, 1.82) is 0 Å². The van der Waals surface area contributed by atoms with Crippen LogP contribution in [0.15, 0.2) is 60.7 Å². The number of esters is 2. The van der Waals surface area contributed by atoms with Gasteiger partial charge in [-0.05, 0) is 35.6 Å². The molecule has 4 N–H and O–H groups in total. The molecule has 2 heterocycles. The minimum absolute atomic E-state index is 0.0280. The van der Waals surface area contributed by atoms with Gasteiger partial charge in [-0.25, -0.2) is 4.79 Å². The second-order valence-corrected chi connectivity index (χ2v) is 11.1. The van der Waals surface area contributed by atoms with E-state index in [0.29, 0.717) is 17.7 Å². The van der Waals surface area contributed by atoms with Crippen LogP contribution < -0.4 is 4.74 Å². The normalized spacial score (nSPS) is 38.6. The molecule has 5 rings (SSSR count). The third kappa shape index (κ3) is 5.45. The van der Waals surface area contributed by atoms with E-state index in [4.69, 9.17) is 23.7 Å². The lowest BCUT2D eigenvalue weighted by molar-refractivity contribution is -0.308. The van der Waals surface area contributed by atoms with E-state index in [1.807, 2.05) is 0 Å². The van der Waals surface area contributed by atoms with Crippen LogP contribution in [0.25, 0.3) is 0 Å². The highest BCUT2D eigenvalue weighted by Gasteiger charge is 2.58. The summed E-state index contributed by atoms with van der Waals surface area (Å²) < 4.78 is 28.4. The van der Waals surface area contributed by atoms with Crippen LogP contribution >= 0.6 is 0 Å². The summed E-state index contributed by atoms with van der Waals surface area (Å²) in [6, 6.07) is 7.07. The van der Waals surface area contributed by atoms with E-state index >= 15 is 0 Å². The largest absolute Gasteiger partial charge is 0.497 e. The Hall–Kier alpha value is -3.06. The summed E-state index contributed by atoms with van der Waals surface area (Å²) in [5.74, 6) is -1.69. The molecule has 4 aliphatic rings. The lowest BCUT2D eigenvalue weighted by Gasteiger charge is -2.40. The number of carbonyl (C=O) groups excluding carboxylic acids is 2. The molecule has 222 valence electrons. The molecule has 2 saturated heterocycles. The van der Waals surface area contributed by atoms with E-state index in [1.165, 1.54) is 0 Å².